The molecule has 2 aromatic carbocycles. The van der Waals surface area contributed by atoms with Crippen LogP contribution in [0.15, 0.2) is 71.7 Å². The Morgan fingerprint density at radius 2 is 1.77 bits per heavy atom. The molecular weight excluding hydrogens is 408 g/mol. The standard InChI is InChI=1S/C25H28N2O3S/c1-3-27-15-14-20-12-13-23(26-31(2,29)30)22(24(20)25(27)28)17-18-8-7-11-21(16-18)19-9-5-4-6-10-19/h4-11,14-16,22-23,26H,3,12-13,17H2,1-2H3/t22-,23-/m0/s1. The van der Waals surface area contributed by atoms with Gasteiger partial charge in [-0.3, -0.25) is 4.79 Å². The average molecular weight is 437 g/mol. The van der Waals surface area contributed by atoms with Gasteiger partial charge in [-0.2, -0.15) is 0 Å². The third-order valence-electron chi connectivity index (χ3n) is 6.07. The molecule has 31 heavy (non-hydrogen) atoms. The fourth-order valence-electron chi connectivity index (χ4n) is 4.63. The fraction of sp³-hybridized carbons (Fsp3) is 0.320. The van der Waals surface area contributed by atoms with Gasteiger partial charge in [0.05, 0.1) is 6.26 Å². The number of hydrogen-bond acceptors (Lipinski definition) is 3. The number of fused-ring (bicyclic) bond motifs is 1. The molecule has 0 aliphatic heterocycles. The van der Waals surface area contributed by atoms with Crippen LogP contribution in [0.2, 0.25) is 0 Å². The Hall–Kier alpha value is -2.70. The van der Waals surface area contributed by atoms with E-state index in [0.717, 1.165) is 27.8 Å². The van der Waals surface area contributed by atoms with Gasteiger partial charge >= 0.3 is 0 Å². The van der Waals surface area contributed by atoms with Crippen LogP contribution in [0.1, 0.15) is 36.0 Å². The Labute approximate surface area is 183 Å². The Morgan fingerprint density at radius 1 is 1.03 bits per heavy atom. The highest BCUT2D eigenvalue weighted by Crippen LogP contribution is 2.33. The maximum atomic E-state index is 13.2. The third kappa shape index (κ3) is 4.81. The molecule has 0 fully saturated rings. The summed E-state index contributed by atoms with van der Waals surface area (Å²) in [5.41, 5.74) is 5.11. The lowest BCUT2D eigenvalue weighted by Gasteiger charge is -2.33. The molecule has 0 saturated carbocycles. The zero-order chi connectivity index (χ0) is 22.0. The number of nitrogens with one attached hydrogen (secondary N) is 1. The van der Waals surface area contributed by atoms with Crippen LogP contribution in [-0.4, -0.2) is 25.3 Å². The Kier molecular flexibility index (Phi) is 6.12. The molecule has 6 heteroatoms. The molecule has 1 N–H and O–H groups in total. The van der Waals surface area contributed by atoms with E-state index in [4.69, 9.17) is 0 Å². The van der Waals surface area contributed by atoms with Crippen LogP contribution >= 0.6 is 0 Å². The highest BCUT2D eigenvalue weighted by molar-refractivity contribution is 7.88. The van der Waals surface area contributed by atoms with Crippen molar-refractivity contribution in [1.29, 1.82) is 0 Å². The largest absolute Gasteiger partial charge is 0.316 e. The summed E-state index contributed by atoms with van der Waals surface area (Å²) in [5, 5.41) is 0. The van der Waals surface area contributed by atoms with Gasteiger partial charge in [-0.05, 0) is 54.5 Å². The lowest BCUT2D eigenvalue weighted by atomic mass is 9.77. The van der Waals surface area contributed by atoms with Gasteiger partial charge < -0.3 is 4.57 Å². The highest BCUT2D eigenvalue weighted by Gasteiger charge is 2.34. The number of pyridine rings is 1. The monoisotopic (exact) mass is 436 g/mol. The SMILES string of the molecule is CCn1ccc2c(c1=O)[C@@H](Cc1cccc(-c3ccccc3)c1)[C@@H](NS(C)(=O)=O)CC2. The highest BCUT2D eigenvalue weighted by atomic mass is 32.2. The molecule has 1 heterocycles. The first kappa shape index (κ1) is 21.5. The summed E-state index contributed by atoms with van der Waals surface area (Å²) in [6.07, 6.45) is 5.01. The van der Waals surface area contributed by atoms with E-state index < -0.39 is 10.0 Å². The summed E-state index contributed by atoms with van der Waals surface area (Å²) in [6, 6.07) is 20.2. The smallest absolute Gasteiger partial charge is 0.254 e. The van der Waals surface area contributed by atoms with Gasteiger partial charge in [-0.25, -0.2) is 13.1 Å². The van der Waals surface area contributed by atoms with Gasteiger partial charge in [0.2, 0.25) is 10.0 Å². The molecule has 1 aromatic heterocycles. The number of aromatic nitrogens is 1. The van der Waals surface area contributed by atoms with Gasteiger partial charge in [0.15, 0.2) is 0 Å². The second-order valence-corrected chi connectivity index (χ2v) is 10.0. The minimum atomic E-state index is -3.39. The molecule has 1 aliphatic rings. The predicted octanol–water partition coefficient (Wildman–Crippen LogP) is 3.73. The van der Waals surface area contributed by atoms with Crippen molar-refractivity contribution in [2.45, 2.75) is 44.7 Å². The molecule has 0 radical (unpaired) electrons. The summed E-state index contributed by atoms with van der Waals surface area (Å²) in [6.45, 7) is 2.54. The molecule has 0 spiro atoms. The van der Waals surface area contributed by atoms with Crippen LogP contribution in [0.25, 0.3) is 11.1 Å². The summed E-state index contributed by atoms with van der Waals surface area (Å²) in [5.74, 6) is -0.212. The Morgan fingerprint density at radius 3 is 2.48 bits per heavy atom. The molecule has 3 aromatic rings. The Bertz CT molecular complexity index is 1230. The van der Waals surface area contributed by atoms with E-state index in [9.17, 15) is 13.2 Å². The van der Waals surface area contributed by atoms with E-state index >= 15 is 0 Å². The Balaban J connectivity index is 1.76. The van der Waals surface area contributed by atoms with Crippen LogP contribution in [0, 0.1) is 0 Å². The van der Waals surface area contributed by atoms with Crippen molar-refractivity contribution in [2.75, 3.05) is 6.26 Å². The predicted molar refractivity (Wildman–Crippen MR) is 125 cm³/mol. The van der Waals surface area contributed by atoms with E-state index in [1.807, 2.05) is 43.5 Å². The number of nitrogens with zero attached hydrogens (tertiary/aromatic N) is 1. The van der Waals surface area contributed by atoms with Crippen molar-refractivity contribution >= 4 is 10.0 Å². The molecular formula is C25H28N2O3S. The molecule has 162 valence electrons. The minimum absolute atomic E-state index is 0.00999. The second kappa shape index (κ2) is 8.81. The summed E-state index contributed by atoms with van der Waals surface area (Å²) >= 11 is 0. The van der Waals surface area contributed by atoms with E-state index in [-0.39, 0.29) is 17.5 Å². The van der Waals surface area contributed by atoms with Gasteiger partial charge in [0.25, 0.3) is 5.56 Å². The third-order valence-corrected chi connectivity index (χ3v) is 6.80. The van der Waals surface area contributed by atoms with Crippen molar-refractivity contribution < 1.29 is 8.42 Å². The number of hydrogen-bond donors (Lipinski definition) is 1. The van der Waals surface area contributed by atoms with E-state index in [0.29, 0.717) is 25.8 Å². The lowest BCUT2D eigenvalue weighted by molar-refractivity contribution is 0.424. The molecule has 0 amide bonds. The molecule has 2 atom stereocenters. The molecule has 1 aliphatic carbocycles. The van der Waals surface area contributed by atoms with Gasteiger partial charge in [-0.1, -0.05) is 54.6 Å². The van der Waals surface area contributed by atoms with Crippen LogP contribution in [-0.2, 0) is 29.4 Å². The van der Waals surface area contributed by atoms with Crippen LogP contribution in [0.3, 0.4) is 0 Å². The number of rotatable bonds is 6. The van der Waals surface area contributed by atoms with Crippen molar-refractivity contribution in [3.8, 4) is 11.1 Å². The number of sulfonamides is 1. The van der Waals surface area contributed by atoms with Crippen molar-refractivity contribution in [3.05, 3.63) is 93.9 Å². The van der Waals surface area contributed by atoms with E-state index in [1.165, 1.54) is 6.26 Å². The molecule has 0 saturated heterocycles. The van der Waals surface area contributed by atoms with Crippen LogP contribution < -0.4 is 10.3 Å². The minimum Gasteiger partial charge on any atom is -0.316 e. The zero-order valence-corrected chi connectivity index (χ0v) is 18.7. The number of aryl methyl sites for hydroxylation is 2. The molecule has 0 bridgehead atoms. The molecule has 5 nitrogen and oxygen atoms in total. The van der Waals surface area contributed by atoms with E-state index in [1.54, 1.807) is 4.57 Å². The molecule has 4 rings (SSSR count). The first-order valence-electron chi connectivity index (χ1n) is 10.7. The quantitative estimate of drug-likeness (QED) is 0.640. The number of benzene rings is 2. The van der Waals surface area contributed by atoms with Crippen molar-refractivity contribution in [2.24, 2.45) is 0 Å². The normalized spacial score (nSPS) is 18.5. The summed E-state index contributed by atoms with van der Waals surface area (Å²) < 4.78 is 28.6. The average Bonchev–Trinajstić information content (AvgIpc) is 2.75. The van der Waals surface area contributed by atoms with Crippen molar-refractivity contribution in [3.63, 3.8) is 0 Å². The fourth-order valence-corrected chi connectivity index (χ4v) is 5.46. The van der Waals surface area contributed by atoms with Gasteiger partial charge in [0.1, 0.15) is 0 Å². The maximum Gasteiger partial charge on any atom is 0.254 e. The first-order valence-corrected chi connectivity index (χ1v) is 12.6. The summed E-state index contributed by atoms with van der Waals surface area (Å²) in [4.78, 5) is 13.2. The molecule has 0 unspecified atom stereocenters. The van der Waals surface area contributed by atoms with Crippen molar-refractivity contribution in [1.82, 2.24) is 9.29 Å². The zero-order valence-electron chi connectivity index (χ0n) is 17.9. The second-order valence-electron chi connectivity index (χ2n) is 8.26. The van der Waals surface area contributed by atoms with Gasteiger partial charge in [-0.15, -0.1) is 0 Å². The van der Waals surface area contributed by atoms with Gasteiger partial charge in [0, 0.05) is 30.3 Å². The first-order chi connectivity index (χ1) is 14.9. The topological polar surface area (TPSA) is 68.2 Å². The van der Waals surface area contributed by atoms with Crippen LogP contribution in [0.4, 0.5) is 0 Å². The summed E-state index contributed by atoms with van der Waals surface area (Å²) in [7, 11) is -3.39. The lowest BCUT2D eigenvalue weighted by Crippen LogP contribution is -2.45. The van der Waals surface area contributed by atoms with Crippen LogP contribution in [0.5, 0.6) is 0 Å². The maximum absolute atomic E-state index is 13.2. The van der Waals surface area contributed by atoms with E-state index in [2.05, 4.69) is 35.1 Å².